The Hall–Kier alpha value is -0.690. The SMILES string of the molecule is CC(C)CN1CCO[C@@H](CNC(=O)c2ccc(C3SCCS3)cc2)C1. The van der Waals surface area contributed by atoms with Gasteiger partial charge in [-0.25, -0.2) is 0 Å². The van der Waals surface area contributed by atoms with E-state index in [1.165, 1.54) is 17.1 Å². The number of nitrogens with zero attached hydrogens (tertiary/aromatic N) is 1. The largest absolute Gasteiger partial charge is 0.374 e. The van der Waals surface area contributed by atoms with Gasteiger partial charge < -0.3 is 10.1 Å². The van der Waals surface area contributed by atoms with E-state index in [-0.39, 0.29) is 12.0 Å². The zero-order chi connectivity index (χ0) is 17.6. The van der Waals surface area contributed by atoms with Gasteiger partial charge in [0.15, 0.2) is 0 Å². The van der Waals surface area contributed by atoms with Crippen molar-refractivity contribution in [1.82, 2.24) is 10.2 Å². The van der Waals surface area contributed by atoms with Crippen LogP contribution >= 0.6 is 23.5 Å². The standard InChI is InChI=1S/C19H28N2O2S2/c1-14(2)12-21-7-8-23-17(13-21)11-20-18(22)15-3-5-16(6-4-15)19-24-9-10-25-19/h3-6,14,17,19H,7-13H2,1-2H3,(H,20,22)/t17-/m0/s1. The molecule has 1 atom stereocenters. The molecule has 2 fully saturated rings. The van der Waals surface area contributed by atoms with Gasteiger partial charge in [-0.2, -0.15) is 0 Å². The highest BCUT2D eigenvalue weighted by atomic mass is 32.2. The maximum Gasteiger partial charge on any atom is 0.251 e. The lowest BCUT2D eigenvalue weighted by atomic mass is 10.1. The second kappa shape index (κ2) is 9.31. The van der Waals surface area contributed by atoms with Crippen LogP contribution in [0.4, 0.5) is 0 Å². The number of amides is 1. The molecule has 0 bridgehead atoms. The lowest BCUT2D eigenvalue weighted by molar-refractivity contribution is -0.0295. The van der Waals surface area contributed by atoms with Crippen LogP contribution in [0.1, 0.15) is 34.4 Å². The van der Waals surface area contributed by atoms with Gasteiger partial charge >= 0.3 is 0 Å². The van der Waals surface area contributed by atoms with Crippen LogP contribution in [0.5, 0.6) is 0 Å². The molecule has 2 saturated heterocycles. The number of hydrogen-bond donors (Lipinski definition) is 1. The molecule has 0 aliphatic carbocycles. The first-order valence-electron chi connectivity index (χ1n) is 9.07. The quantitative estimate of drug-likeness (QED) is 0.820. The van der Waals surface area contributed by atoms with Crippen LogP contribution in [-0.2, 0) is 4.74 Å². The second-order valence-corrected chi connectivity index (χ2v) is 9.78. The van der Waals surface area contributed by atoms with Crippen LogP contribution in [0, 0.1) is 5.92 Å². The van der Waals surface area contributed by atoms with Crippen LogP contribution in [0.25, 0.3) is 0 Å². The molecule has 138 valence electrons. The molecule has 2 aliphatic rings. The van der Waals surface area contributed by atoms with Crippen molar-refractivity contribution in [3.63, 3.8) is 0 Å². The van der Waals surface area contributed by atoms with Gasteiger partial charge in [-0.05, 0) is 23.6 Å². The third kappa shape index (κ3) is 5.64. The number of benzene rings is 1. The lowest BCUT2D eigenvalue weighted by Crippen LogP contribution is -2.48. The molecule has 0 saturated carbocycles. The molecule has 4 nitrogen and oxygen atoms in total. The highest BCUT2D eigenvalue weighted by Crippen LogP contribution is 2.45. The number of rotatable bonds is 6. The summed E-state index contributed by atoms with van der Waals surface area (Å²) in [6.07, 6.45) is 0.0852. The normalized spacial score (nSPS) is 22.4. The molecule has 0 unspecified atom stereocenters. The molecule has 2 heterocycles. The fourth-order valence-electron chi connectivity index (χ4n) is 3.24. The summed E-state index contributed by atoms with van der Waals surface area (Å²) >= 11 is 3.97. The van der Waals surface area contributed by atoms with Gasteiger partial charge in [0.05, 0.1) is 17.3 Å². The molecular weight excluding hydrogens is 352 g/mol. The second-order valence-electron chi connectivity index (χ2n) is 7.05. The summed E-state index contributed by atoms with van der Waals surface area (Å²) in [4.78, 5) is 14.8. The molecule has 1 N–H and O–H groups in total. The third-order valence-electron chi connectivity index (χ3n) is 4.40. The minimum absolute atomic E-state index is 0.0112. The summed E-state index contributed by atoms with van der Waals surface area (Å²) in [6, 6.07) is 8.06. The zero-order valence-corrected chi connectivity index (χ0v) is 16.7. The molecule has 0 spiro atoms. The van der Waals surface area contributed by atoms with Crippen molar-refractivity contribution in [1.29, 1.82) is 0 Å². The highest BCUT2D eigenvalue weighted by Gasteiger charge is 2.22. The first-order chi connectivity index (χ1) is 12.1. The van der Waals surface area contributed by atoms with Crippen LogP contribution in [-0.4, -0.2) is 61.2 Å². The Balaban J connectivity index is 1.47. The molecule has 0 aromatic heterocycles. The van der Waals surface area contributed by atoms with Gasteiger partial charge in [0.2, 0.25) is 0 Å². The van der Waals surface area contributed by atoms with Crippen molar-refractivity contribution in [3.05, 3.63) is 35.4 Å². The van der Waals surface area contributed by atoms with Gasteiger partial charge in [0.25, 0.3) is 5.91 Å². The van der Waals surface area contributed by atoms with E-state index in [0.29, 0.717) is 17.0 Å². The lowest BCUT2D eigenvalue weighted by Gasteiger charge is -2.33. The first kappa shape index (κ1) is 19.1. The number of thioether (sulfide) groups is 2. The Morgan fingerprint density at radius 2 is 2.00 bits per heavy atom. The third-order valence-corrected chi connectivity index (χ3v) is 7.51. The minimum atomic E-state index is -0.0112. The number of nitrogens with one attached hydrogen (secondary N) is 1. The first-order valence-corrected chi connectivity index (χ1v) is 11.2. The van der Waals surface area contributed by atoms with Gasteiger partial charge in [-0.15, -0.1) is 23.5 Å². The van der Waals surface area contributed by atoms with Crippen molar-refractivity contribution in [2.24, 2.45) is 5.92 Å². The summed E-state index contributed by atoms with van der Waals surface area (Å²) in [5, 5.41) is 3.03. The van der Waals surface area contributed by atoms with Crippen LogP contribution in [0.2, 0.25) is 0 Å². The predicted octanol–water partition coefficient (Wildman–Crippen LogP) is 3.25. The van der Waals surface area contributed by atoms with Crippen molar-refractivity contribution in [2.75, 3.05) is 44.3 Å². The predicted molar refractivity (Wildman–Crippen MR) is 107 cm³/mol. The minimum Gasteiger partial charge on any atom is -0.374 e. The monoisotopic (exact) mass is 380 g/mol. The fourth-order valence-corrected chi connectivity index (χ4v) is 6.10. The molecule has 25 heavy (non-hydrogen) atoms. The molecule has 1 aromatic rings. The Labute approximate surface area is 159 Å². The van der Waals surface area contributed by atoms with E-state index < -0.39 is 0 Å². The van der Waals surface area contributed by atoms with Crippen LogP contribution < -0.4 is 5.32 Å². The number of morpholine rings is 1. The van der Waals surface area contributed by atoms with E-state index in [0.717, 1.165) is 31.8 Å². The van der Waals surface area contributed by atoms with Crippen molar-refractivity contribution in [3.8, 4) is 0 Å². The Kier molecular flexibility index (Phi) is 7.10. The highest BCUT2D eigenvalue weighted by molar-refractivity contribution is 8.19. The molecular formula is C19H28N2O2S2. The number of carbonyl (C=O) groups excluding carboxylic acids is 1. The topological polar surface area (TPSA) is 41.6 Å². The Morgan fingerprint density at radius 3 is 2.68 bits per heavy atom. The van der Waals surface area contributed by atoms with E-state index in [4.69, 9.17) is 4.74 Å². The summed E-state index contributed by atoms with van der Waals surface area (Å²) in [5.74, 6) is 3.07. The molecule has 2 aliphatic heterocycles. The molecule has 1 aromatic carbocycles. The number of hydrogen-bond acceptors (Lipinski definition) is 5. The van der Waals surface area contributed by atoms with Crippen molar-refractivity contribution < 1.29 is 9.53 Å². The van der Waals surface area contributed by atoms with E-state index in [1.54, 1.807) is 0 Å². The molecule has 0 radical (unpaired) electrons. The average molecular weight is 381 g/mol. The van der Waals surface area contributed by atoms with Crippen LogP contribution in [0.15, 0.2) is 24.3 Å². The van der Waals surface area contributed by atoms with Crippen molar-refractivity contribution in [2.45, 2.75) is 24.5 Å². The van der Waals surface area contributed by atoms with Crippen molar-refractivity contribution >= 4 is 29.4 Å². The summed E-state index contributed by atoms with van der Waals surface area (Å²) in [5.41, 5.74) is 2.04. The van der Waals surface area contributed by atoms with Gasteiger partial charge in [-0.3, -0.25) is 9.69 Å². The molecule has 1 amide bonds. The number of ether oxygens (including phenoxy) is 1. The number of carbonyl (C=O) groups is 1. The van der Waals surface area contributed by atoms with Crippen LogP contribution in [0.3, 0.4) is 0 Å². The van der Waals surface area contributed by atoms with Gasteiger partial charge in [-0.1, -0.05) is 26.0 Å². The maximum absolute atomic E-state index is 12.4. The van der Waals surface area contributed by atoms with E-state index in [9.17, 15) is 4.79 Å². The van der Waals surface area contributed by atoms with E-state index in [1.807, 2.05) is 35.7 Å². The summed E-state index contributed by atoms with van der Waals surface area (Å²) in [7, 11) is 0. The summed E-state index contributed by atoms with van der Waals surface area (Å²) < 4.78 is 6.33. The zero-order valence-electron chi connectivity index (χ0n) is 15.1. The average Bonchev–Trinajstić information content (AvgIpc) is 3.14. The molecule has 3 rings (SSSR count). The Bertz CT molecular complexity index is 559. The maximum atomic E-state index is 12.4. The van der Waals surface area contributed by atoms with Gasteiger partial charge in [0.1, 0.15) is 0 Å². The summed E-state index contributed by atoms with van der Waals surface area (Å²) in [6.45, 7) is 8.76. The fraction of sp³-hybridized carbons (Fsp3) is 0.632. The van der Waals surface area contributed by atoms with E-state index >= 15 is 0 Å². The smallest absolute Gasteiger partial charge is 0.251 e. The molecule has 6 heteroatoms. The van der Waals surface area contributed by atoms with Gasteiger partial charge in [0, 0.05) is 43.2 Å². The Morgan fingerprint density at radius 1 is 1.28 bits per heavy atom. The van der Waals surface area contributed by atoms with E-state index in [2.05, 4.69) is 36.2 Å².